The fourth-order valence-electron chi connectivity index (χ4n) is 2.90. The average molecular weight is 403 g/mol. The van der Waals surface area contributed by atoms with Crippen molar-refractivity contribution in [3.63, 3.8) is 0 Å². The van der Waals surface area contributed by atoms with Gasteiger partial charge in [-0.15, -0.1) is 0 Å². The van der Waals surface area contributed by atoms with Crippen molar-refractivity contribution in [3.05, 3.63) is 29.8 Å². The molecule has 0 aliphatic carbocycles. The molecule has 0 saturated carbocycles. The second-order valence-corrected chi connectivity index (χ2v) is 11.1. The fourth-order valence-corrected chi connectivity index (χ4v) is 4.53. The van der Waals surface area contributed by atoms with E-state index in [0.29, 0.717) is 13.1 Å². The Kier molecular flexibility index (Phi) is 6.46. The van der Waals surface area contributed by atoms with Crippen molar-refractivity contribution in [2.75, 3.05) is 25.9 Å². The molecule has 2 rings (SSSR count). The standard InChI is InChI=1S/C17H26N2O5S2/c1-13-6-8-16(9-7-13)26(23,24)18-11-15-5-4-10-19(12-15)17(20)14(2)25(3,21)22/h6-9,14-15,18H,4-5,10-12H2,1-3H3. The maximum atomic E-state index is 12.4. The first-order chi connectivity index (χ1) is 12.0. The van der Waals surface area contributed by atoms with Gasteiger partial charge in [-0.05, 0) is 44.7 Å². The predicted molar refractivity (Wildman–Crippen MR) is 100.0 cm³/mol. The number of hydrogen-bond acceptors (Lipinski definition) is 5. The van der Waals surface area contributed by atoms with Gasteiger partial charge in [0, 0.05) is 25.9 Å². The van der Waals surface area contributed by atoms with Gasteiger partial charge < -0.3 is 4.90 Å². The number of benzene rings is 1. The fraction of sp³-hybridized carbons (Fsp3) is 0.588. The molecular weight excluding hydrogens is 376 g/mol. The molecule has 1 aliphatic rings. The first-order valence-corrected chi connectivity index (χ1v) is 12.0. The lowest BCUT2D eigenvalue weighted by Crippen LogP contribution is -2.48. The second kappa shape index (κ2) is 8.06. The summed E-state index contributed by atoms with van der Waals surface area (Å²) < 4.78 is 50.5. The summed E-state index contributed by atoms with van der Waals surface area (Å²) in [7, 11) is -7.05. The summed E-state index contributed by atoms with van der Waals surface area (Å²) in [6.45, 7) is 4.35. The molecule has 1 saturated heterocycles. The second-order valence-electron chi connectivity index (χ2n) is 6.93. The molecule has 1 heterocycles. The van der Waals surface area contributed by atoms with E-state index >= 15 is 0 Å². The number of sulfonamides is 1. The first kappa shape index (κ1) is 20.9. The number of carbonyl (C=O) groups excluding carboxylic acids is 1. The Morgan fingerprint density at radius 3 is 2.42 bits per heavy atom. The van der Waals surface area contributed by atoms with Gasteiger partial charge in [-0.2, -0.15) is 0 Å². The van der Waals surface area contributed by atoms with E-state index in [9.17, 15) is 21.6 Å². The molecule has 1 N–H and O–H groups in total. The van der Waals surface area contributed by atoms with Crippen LogP contribution in [-0.4, -0.2) is 58.8 Å². The Balaban J connectivity index is 1.98. The molecule has 2 unspecified atom stereocenters. The molecule has 0 spiro atoms. The molecule has 1 aromatic rings. The third-order valence-electron chi connectivity index (χ3n) is 4.71. The summed E-state index contributed by atoms with van der Waals surface area (Å²) in [5, 5.41) is -1.08. The highest BCUT2D eigenvalue weighted by Gasteiger charge is 2.32. The zero-order valence-corrected chi connectivity index (χ0v) is 16.9. The summed E-state index contributed by atoms with van der Waals surface area (Å²) >= 11 is 0. The molecule has 7 nitrogen and oxygen atoms in total. The predicted octanol–water partition coefficient (Wildman–Crippen LogP) is 0.945. The number of piperidine rings is 1. The van der Waals surface area contributed by atoms with Crippen molar-refractivity contribution in [2.45, 2.75) is 36.8 Å². The highest BCUT2D eigenvalue weighted by atomic mass is 32.2. The molecule has 0 aromatic heterocycles. The Bertz CT molecular complexity index is 848. The number of carbonyl (C=O) groups is 1. The van der Waals surface area contributed by atoms with Gasteiger partial charge in [0.05, 0.1) is 4.90 Å². The van der Waals surface area contributed by atoms with E-state index < -0.39 is 31.0 Å². The minimum atomic E-state index is -3.60. The molecule has 1 aliphatic heterocycles. The lowest BCUT2D eigenvalue weighted by molar-refractivity contribution is -0.132. The van der Waals surface area contributed by atoms with Gasteiger partial charge >= 0.3 is 0 Å². The Hall–Kier alpha value is -1.45. The molecule has 9 heteroatoms. The molecular formula is C17H26N2O5S2. The van der Waals surface area contributed by atoms with E-state index in [4.69, 9.17) is 0 Å². The van der Waals surface area contributed by atoms with Crippen molar-refractivity contribution in [1.82, 2.24) is 9.62 Å². The quantitative estimate of drug-likeness (QED) is 0.763. The van der Waals surface area contributed by atoms with Crippen LogP contribution in [0.3, 0.4) is 0 Å². The van der Waals surface area contributed by atoms with E-state index in [1.165, 1.54) is 11.8 Å². The molecule has 2 atom stereocenters. The molecule has 1 amide bonds. The summed E-state index contributed by atoms with van der Waals surface area (Å²) in [6, 6.07) is 6.59. The van der Waals surface area contributed by atoms with Crippen LogP contribution >= 0.6 is 0 Å². The number of rotatable bonds is 6. The number of nitrogens with one attached hydrogen (secondary N) is 1. The van der Waals surface area contributed by atoms with Gasteiger partial charge in [-0.1, -0.05) is 17.7 Å². The first-order valence-electron chi connectivity index (χ1n) is 8.54. The SMILES string of the molecule is Cc1ccc(S(=O)(=O)NCC2CCCN(C(=O)C(C)S(C)(=O)=O)C2)cc1. The highest BCUT2D eigenvalue weighted by Crippen LogP contribution is 2.19. The van der Waals surface area contributed by atoms with Crippen LogP contribution in [0.4, 0.5) is 0 Å². The zero-order valence-electron chi connectivity index (χ0n) is 15.3. The largest absolute Gasteiger partial charge is 0.341 e. The molecule has 1 fully saturated rings. The van der Waals surface area contributed by atoms with Gasteiger partial charge in [0.2, 0.25) is 15.9 Å². The summed E-state index contributed by atoms with van der Waals surface area (Å²) in [5.74, 6) is -0.460. The monoisotopic (exact) mass is 402 g/mol. The number of nitrogens with zero attached hydrogens (tertiary/aromatic N) is 1. The Morgan fingerprint density at radius 2 is 1.85 bits per heavy atom. The van der Waals surface area contributed by atoms with Gasteiger partial charge in [0.25, 0.3) is 0 Å². The number of aryl methyl sites for hydroxylation is 1. The van der Waals surface area contributed by atoms with Crippen molar-refractivity contribution in [1.29, 1.82) is 0 Å². The van der Waals surface area contributed by atoms with Gasteiger partial charge in [0.15, 0.2) is 9.84 Å². The van der Waals surface area contributed by atoms with E-state index in [0.717, 1.165) is 24.7 Å². The number of hydrogen-bond donors (Lipinski definition) is 1. The van der Waals surface area contributed by atoms with Crippen LogP contribution in [0, 0.1) is 12.8 Å². The van der Waals surface area contributed by atoms with E-state index in [1.807, 2.05) is 6.92 Å². The van der Waals surface area contributed by atoms with E-state index in [2.05, 4.69) is 4.72 Å². The van der Waals surface area contributed by atoms with Gasteiger partial charge in [-0.25, -0.2) is 21.6 Å². The molecule has 1 aromatic carbocycles. The lowest BCUT2D eigenvalue weighted by Gasteiger charge is -2.34. The van der Waals surface area contributed by atoms with Gasteiger partial charge in [-0.3, -0.25) is 4.79 Å². The topological polar surface area (TPSA) is 101 Å². The van der Waals surface area contributed by atoms with E-state index in [1.54, 1.807) is 24.3 Å². The van der Waals surface area contributed by atoms with Crippen molar-refractivity contribution >= 4 is 25.8 Å². The van der Waals surface area contributed by atoms with Crippen LogP contribution < -0.4 is 4.72 Å². The van der Waals surface area contributed by atoms with Crippen LogP contribution in [0.1, 0.15) is 25.3 Å². The number of sulfone groups is 1. The van der Waals surface area contributed by atoms with Crippen molar-refractivity contribution in [2.24, 2.45) is 5.92 Å². The minimum Gasteiger partial charge on any atom is -0.341 e. The summed E-state index contributed by atoms with van der Waals surface area (Å²) in [6.07, 6.45) is 2.55. The summed E-state index contributed by atoms with van der Waals surface area (Å²) in [4.78, 5) is 14.1. The van der Waals surface area contributed by atoms with Crippen LogP contribution in [0.5, 0.6) is 0 Å². The highest BCUT2D eigenvalue weighted by molar-refractivity contribution is 7.92. The number of likely N-dealkylation sites (tertiary alicyclic amines) is 1. The van der Waals surface area contributed by atoms with Gasteiger partial charge in [0.1, 0.15) is 5.25 Å². The Morgan fingerprint density at radius 1 is 1.23 bits per heavy atom. The molecule has 146 valence electrons. The van der Waals surface area contributed by atoms with Crippen LogP contribution in [0.2, 0.25) is 0 Å². The normalized spacial score (nSPS) is 20.0. The molecule has 26 heavy (non-hydrogen) atoms. The third-order valence-corrected chi connectivity index (χ3v) is 7.64. The minimum absolute atomic E-state index is 0.0420. The van der Waals surface area contributed by atoms with Crippen molar-refractivity contribution < 1.29 is 21.6 Å². The summed E-state index contributed by atoms with van der Waals surface area (Å²) in [5.41, 5.74) is 0.977. The van der Waals surface area contributed by atoms with Crippen LogP contribution in [-0.2, 0) is 24.7 Å². The third kappa shape index (κ3) is 5.28. The zero-order chi connectivity index (χ0) is 19.5. The number of amides is 1. The van der Waals surface area contributed by atoms with Crippen LogP contribution in [0.15, 0.2) is 29.2 Å². The molecule has 0 bridgehead atoms. The average Bonchev–Trinajstić information content (AvgIpc) is 2.58. The Labute approximate surface area is 155 Å². The lowest BCUT2D eigenvalue weighted by atomic mass is 9.98. The molecule has 0 radical (unpaired) electrons. The smallest absolute Gasteiger partial charge is 0.240 e. The van der Waals surface area contributed by atoms with Crippen LogP contribution in [0.25, 0.3) is 0 Å². The van der Waals surface area contributed by atoms with Crippen molar-refractivity contribution in [3.8, 4) is 0 Å². The maximum absolute atomic E-state index is 12.4. The maximum Gasteiger partial charge on any atom is 0.240 e. The van der Waals surface area contributed by atoms with E-state index in [-0.39, 0.29) is 17.4 Å².